The van der Waals surface area contributed by atoms with Crippen LogP contribution in [0.25, 0.3) is 0 Å². The number of aromatic nitrogens is 1. The highest BCUT2D eigenvalue weighted by molar-refractivity contribution is 5.70. The molecule has 0 saturated carbocycles. The van der Waals surface area contributed by atoms with Crippen LogP contribution in [0.4, 0.5) is 10.2 Å². The third-order valence-electron chi connectivity index (χ3n) is 1.09. The number of hydrazine groups is 1. The Morgan fingerprint density at radius 1 is 1.64 bits per heavy atom. The van der Waals surface area contributed by atoms with E-state index in [0.717, 1.165) is 11.2 Å². The summed E-state index contributed by atoms with van der Waals surface area (Å²) in [5.74, 6) is 4.87. The summed E-state index contributed by atoms with van der Waals surface area (Å²) in [6, 6.07) is 2.48. The number of rotatable bonds is 2. The molecule has 1 rings (SSSR count). The van der Waals surface area contributed by atoms with E-state index in [4.69, 9.17) is 5.84 Å². The Labute approximate surface area is 62.4 Å². The van der Waals surface area contributed by atoms with Crippen LogP contribution in [0, 0.1) is 5.82 Å². The molecule has 1 amide bonds. The number of nitrogens with two attached hydrogens (primary N) is 1. The summed E-state index contributed by atoms with van der Waals surface area (Å²) in [6.07, 6.45) is 1.37. The van der Waals surface area contributed by atoms with Crippen LogP contribution in [0.15, 0.2) is 18.3 Å². The van der Waals surface area contributed by atoms with Gasteiger partial charge in [0, 0.05) is 0 Å². The van der Waals surface area contributed by atoms with E-state index in [-0.39, 0.29) is 5.82 Å². The van der Waals surface area contributed by atoms with Gasteiger partial charge in [-0.3, -0.25) is 4.79 Å². The van der Waals surface area contributed by atoms with Gasteiger partial charge in [0.1, 0.15) is 11.6 Å². The summed E-state index contributed by atoms with van der Waals surface area (Å²) in [4.78, 5) is 13.6. The van der Waals surface area contributed by atoms with Crippen molar-refractivity contribution in [2.24, 2.45) is 5.84 Å². The van der Waals surface area contributed by atoms with E-state index in [1.54, 1.807) is 0 Å². The van der Waals surface area contributed by atoms with E-state index in [2.05, 4.69) is 4.98 Å². The minimum absolute atomic E-state index is 0.210. The maximum absolute atomic E-state index is 12.2. The minimum atomic E-state index is -0.465. The highest BCUT2D eigenvalue weighted by Crippen LogP contribution is 2.04. The molecule has 0 radical (unpaired) electrons. The number of pyridine rings is 1. The van der Waals surface area contributed by atoms with Crippen molar-refractivity contribution in [3.8, 4) is 0 Å². The topological polar surface area (TPSA) is 59.2 Å². The largest absolute Gasteiger partial charge is 0.277 e. The van der Waals surface area contributed by atoms with Gasteiger partial charge in [0.15, 0.2) is 0 Å². The number of amides is 1. The molecule has 0 unspecified atom stereocenters. The average molecular weight is 155 g/mol. The van der Waals surface area contributed by atoms with Crippen molar-refractivity contribution in [1.29, 1.82) is 0 Å². The number of hydrogen-bond acceptors (Lipinski definition) is 3. The van der Waals surface area contributed by atoms with Crippen LogP contribution in [-0.2, 0) is 4.79 Å². The molecular weight excluding hydrogens is 149 g/mol. The average Bonchev–Trinajstić information content (AvgIpc) is 2.05. The Kier molecular flexibility index (Phi) is 2.12. The number of hydrogen-bond donors (Lipinski definition) is 1. The lowest BCUT2D eigenvalue weighted by molar-refractivity contribution is -0.107. The second kappa shape index (κ2) is 3.07. The van der Waals surface area contributed by atoms with Crippen LogP contribution in [0.5, 0.6) is 0 Å². The first-order valence-corrected chi connectivity index (χ1v) is 2.85. The Balaban J connectivity index is 2.89. The highest BCUT2D eigenvalue weighted by atomic mass is 19.1. The van der Waals surface area contributed by atoms with E-state index in [9.17, 15) is 9.18 Å². The number of anilines is 1. The molecule has 1 heterocycles. The SMILES string of the molecule is NN(C=O)c1ccc(F)cn1. The van der Waals surface area contributed by atoms with Crippen molar-refractivity contribution >= 4 is 12.2 Å². The summed E-state index contributed by atoms with van der Waals surface area (Å²) in [5, 5.41) is 0.763. The fourth-order valence-electron chi connectivity index (χ4n) is 0.575. The number of carbonyl (C=O) groups is 1. The van der Waals surface area contributed by atoms with Gasteiger partial charge in [-0.05, 0) is 12.1 Å². The molecule has 0 aromatic carbocycles. The fourth-order valence-corrected chi connectivity index (χ4v) is 0.575. The van der Waals surface area contributed by atoms with Gasteiger partial charge >= 0.3 is 0 Å². The predicted octanol–water partition coefficient (Wildman–Crippen LogP) is 0.0572. The van der Waals surface area contributed by atoms with E-state index >= 15 is 0 Å². The van der Waals surface area contributed by atoms with Gasteiger partial charge in [0.05, 0.1) is 6.20 Å². The lowest BCUT2D eigenvalue weighted by Crippen LogP contribution is -2.29. The van der Waals surface area contributed by atoms with Crippen LogP contribution in [0.3, 0.4) is 0 Å². The molecule has 1 aromatic rings. The van der Waals surface area contributed by atoms with Crippen molar-refractivity contribution in [1.82, 2.24) is 4.98 Å². The first-order valence-electron chi connectivity index (χ1n) is 2.85. The predicted molar refractivity (Wildman–Crippen MR) is 36.9 cm³/mol. The summed E-state index contributed by atoms with van der Waals surface area (Å²) in [7, 11) is 0. The number of halogens is 1. The van der Waals surface area contributed by atoms with Gasteiger partial charge in [-0.25, -0.2) is 20.2 Å². The monoisotopic (exact) mass is 155 g/mol. The van der Waals surface area contributed by atoms with Crippen LogP contribution in [-0.4, -0.2) is 11.4 Å². The molecule has 4 nitrogen and oxygen atoms in total. The normalized spacial score (nSPS) is 9.27. The van der Waals surface area contributed by atoms with Gasteiger partial charge < -0.3 is 0 Å². The summed E-state index contributed by atoms with van der Waals surface area (Å²) in [5.41, 5.74) is 0. The zero-order chi connectivity index (χ0) is 8.27. The standard InChI is InChI=1S/C6H6FN3O/c7-5-1-2-6(9-3-5)10(8)4-11/h1-4H,8H2. The second-order valence-electron chi connectivity index (χ2n) is 1.85. The van der Waals surface area contributed by atoms with Gasteiger partial charge in [-0.1, -0.05) is 0 Å². The molecule has 5 heteroatoms. The van der Waals surface area contributed by atoms with Crippen molar-refractivity contribution in [2.75, 3.05) is 5.01 Å². The molecule has 0 spiro atoms. The molecular formula is C6H6FN3O. The fraction of sp³-hybridized carbons (Fsp3) is 0. The molecule has 0 aliphatic rings. The van der Waals surface area contributed by atoms with Gasteiger partial charge in [-0.2, -0.15) is 0 Å². The number of carbonyl (C=O) groups excluding carboxylic acids is 1. The van der Waals surface area contributed by atoms with Crippen molar-refractivity contribution in [3.05, 3.63) is 24.1 Å². The number of nitrogens with zero attached hydrogens (tertiary/aromatic N) is 2. The van der Waals surface area contributed by atoms with Crippen molar-refractivity contribution in [3.63, 3.8) is 0 Å². The van der Waals surface area contributed by atoms with E-state index in [1.165, 1.54) is 12.1 Å². The third kappa shape index (κ3) is 1.71. The zero-order valence-electron chi connectivity index (χ0n) is 5.57. The van der Waals surface area contributed by atoms with Crippen LogP contribution in [0.2, 0.25) is 0 Å². The molecule has 58 valence electrons. The molecule has 0 aliphatic heterocycles. The molecule has 0 atom stereocenters. The Morgan fingerprint density at radius 3 is 2.82 bits per heavy atom. The van der Waals surface area contributed by atoms with E-state index in [0.29, 0.717) is 6.41 Å². The quantitative estimate of drug-likeness (QED) is 0.284. The first kappa shape index (κ1) is 7.62. The second-order valence-corrected chi connectivity index (χ2v) is 1.85. The van der Waals surface area contributed by atoms with Crippen molar-refractivity contribution < 1.29 is 9.18 Å². The van der Waals surface area contributed by atoms with Crippen molar-refractivity contribution in [2.45, 2.75) is 0 Å². The lowest BCUT2D eigenvalue weighted by atomic mass is 10.4. The molecule has 1 aromatic heterocycles. The van der Waals surface area contributed by atoms with Gasteiger partial charge in [0.2, 0.25) is 6.41 Å². The Morgan fingerprint density at radius 2 is 2.36 bits per heavy atom. The van der Waals surface area contributed by atoms with Crippen LogP contribution < -0.4 is 10.9 Å². The van der Waals surface area contributed by atoms with Gasteiger partial charge in [-0.15, -0.1) is 0 Å². The molecule has 2 N–H and O–H groups in total. The molecule has 0 saturated heterocycles. The summed E-state index contributed by atoms with van der Waals surface area (Å²) in [6.45, 7) is 0. The van der Waals surface area contributed by atoms with E-state index in [1.807, 2.05) is 0 Å². The Bertz CT molecular complexity index is 249. The molecule has 11 heavy (non-hydrogen) atoms. The zero-order valence-corrected chi connectivity index (χ0v) is 5.57. The molecule has 0 fully saturated rings. The van der Waals surface area contributed by atoms with Crippen LogP contribution in [0.1, 0.15) is 0 Å². The molecule has 0 aliphatic carbocycles. The maximum atomic E-state index is 12.2. The first-order chi connectivity index (χ1) is 5.24. The molecule has 0 bridgehead atoms. The summed E-state index contributed by atoms with van der Waals surface area (Å²) < 4.78 is 12.2. The van der Waals surface area contributed by atoms with E-state index < -0.39 is 5.82 Å². The van der Waals surface area contributed by atoms with Gasteiger partial charge in [0.25, 0.3) is 0 Å². The van der Waals surface area contributed by atoms with Crippen LogP contribution >= 0.6 is 0 Å². The third-order valence-corrected chi connectivity index (χ3v) is 1.09. The highest BCUT2D eigenvalue weighted by Gasteiger charge is 1.99. The summed E-state index contributed by atoms with van der Waals surface area (Å²) >= 11 is 0. The smallest absolute Gasteiger partial charge is 0.229 e. The Hall–Kier alpha value is -1.49. The maximum Gasteiger partial charge on any atom is 0.229 e. The minimum Gasteiger partial charge on any atom is -0.277 e. The lowest BCUT2D eigenvalue weighted by Gasteiger charge is -2.06.